The van der Waals surface area contributed by atoms with Gasteiger partial charge in [-0.2, -0.15) is 13.5 Å². The van der Waals surface area contributed by atoms with E-state index < -0.39 is 10.0 Å². The van der Waals surface area contributed by atoms with Crippen LogP contribution in [0.2, 0.25) is 5.15 Å². The molecule has 0 aliphatic carbocycles. The predicted octanol–water partition coefficient (Wildman–Crippen LogP) is 1.21. The number of nitrogens with zero attached hydrogens (tertiary/aromatic N) is 3. The minimum atomic E-state index is -3.81. The maximum atomic E-state index is 12.1. The number of rotatable bonds is 3. The van der Waals surface area contributed by atoms with E-state index in [-0.39, 0.29) is 10.2 Å². The standard InChI is InChI=1S/C9H12ClN5O2S/c1-5-7(6(2)13-12-5)14-18(16,17)9-8(10)15(3)4-11-9/h4,14H,1-3H3,(H,12,13). The second-order valence-electron chi connectivity index (χ2n) is 3.87. The van der Waals surface area contributed by atoms with E-state index in [9.17, 15) is 8.42 Å². The molecule has 0 saturated heterocycles. The highest BCUT2D eigenvalue weighted by molar-refractivity contribution is 7.92. The zero-order chi connectivity index (χ0) is 13.5. The zero-order valence-corrected chi connectivity index (χ0v) is 11.6. The molecule has 0 radical (unpaired) electrons. The van der Waals surface area contributed by atoms with Crippen molar-refractivity contribution in [2.75, 3.05) is 4.72 Å². The first kappa shape index (κ1) is 12.9. The van der Waals surface area contributed by atoms with Gasteiger partial charge in [-0.15, -0.1) is 0 Å². The third kappa shape index (κ3) is 2.08. The van der Waals surface area contributed by atoms with Crippen molar-refractivity contribution in [1.29, 1.82) is 0 Å². The number of H-pyrrole nitrogens is 1. The van der Waals surface area contributed by atoms with Gasteiger partial charge in [0.05, 0.1) is 23.4 Å². The molecule has 18 heavy (non-hydrogen) atoms. The molecule has 2 aromatic rings. The van der Waals surface area contributed by atoms with Crippen LogP contribution < -0.4 is 4.72 Å². The summed E-state index contributed by atoms with van der Waals surface area (Å²) in [6.45, 7) is 3.42. The third-order valence-electron chi connectivity index (χ3n) is 2.45. The molecule has 2 N–H and O–H groups in total. The second kappa shape index (κ2) is 4.29. The third-order valence-corrected chi connectivity index (χ3v) is 4.29. The Hall–Kier alpha value is -1.54. The van der Waals surface area contributed by atoms with Gasteiger partial charge in [0.1, 0.15) is 5.15 Å². The van der Waals surface area contributed by atoms with Gasteiger partial charge in [-0.05, 0) is 13.8 Å². The predicted molar refractivity (Wildman–Crippen MR) is 67.1 cm³/mol. The highest BCUT2D eigenvalue weighted by Gasteiger charge is 2.24. The van der Waals surface area contributed by atoms with E-state index in [0.29, 0.717) is 17.1 Å². The summed E-state index contributed by atoms with van der Waals surface area (Å²) < 4.78 is 28.1. The maximum Gasteiger partial charge on any atom is 0.282 e. The maximum absolute atomic E-state index is 12.1. The summed E-state index contributed by atoms with van der Waals surface area (Å²) in [5, 5.41) is 6.46. The summed E-state index contributed by atoms with van der Waals surface area (Å²) in [5.74, 6) is 0. The average Bonchev–Trinajstić information content (AvgIpc) is 2.77. The van der Waals surface area contributed by atoms with Crippen molar-refractivity contribution in [2.24, 2.45) is 7.05 Å². The molecule has 98 valence electrons. The lowest BCUT2D eigenvalue weighted by molar-refractivity contribution is 0.598. The lowest BCUT2D eigenvalue weighted by Gasteiger charge is -2.06. The van der Waals surface area contributed by atoms with Crippen LogP contribution in [0.1, 0.15) is 11.4 Å². The number of aromatic nitrogens is 4. The quantitative estimate of drug-likeness (QED) is 0.888. The van der Waals surface area contributed by atoms with Gasteiger partial charge in [0.2, 0.25) is 5.03 Å². The number of anilines is 1. The van der Waals surface area contributed by atoms with E-state index in [1.54, 1.807) is 20.9 Å². The lowest BCUT2D eigenvalue weighted by Crippen LogP contribution is -2.15. The van der Waals surface area contributed by atoms with Gasteiger partial charge < -0.3 is 4.57 Å². The summed E-state index contributed by atoms with van der Waals surface area (Å²) in [6.07, 6.45) is 1.34. The number of hydrogen-bond acceptors (Lipinski definition) is 4. The van der Waals surface area contributed by atoms with Crippen molar-refractivity contribution in [3.8, 4) is 0 Å². The van der Waals surface area contributed by atoms with Crippen LogP contribution in [0.25, 0.3) is 0 Å². The summed E-state index contributed by atoms with van der Waals surface area (Å²) in [7, 11) is -2.20. The Morgan fingerprint density at radius 1 is 1.44 bits per heavy atom. The number of aryl methyl sites for hydroxylation is 3. The highest BCUT2D eigenvalue weighted by Crippen LogP contribution is 2.24. The molecule has 2 heterocycles. The van der Waals surface area contributed by atoms with E-state index >= 15 is 0 Å². The van der Waals surface area contributed by atoms with Crippen molar-refractivity contribution < 1.29 is 8.42 Å². The molecular weight excluding hydrogens is 278 g/mol. The van der Waals surface area contributed by atoms with Crippen molar-refractivity contribution in [2.45, 2.75) is 18.9 Å². The van der Waals surface area contributed by atoms with Crippen LogP contribution in [0, 0.1) is 13.8 Å². The molecule has 7 nitrogen and oxygen atoms in total. The minimum absolute atomic E-state index is 0.0568. The van der Waals surface area contributed by atoms with Crippen molar-refractivity contribution >= 4 is 27.3 Å². The Morgan fingerprint density at radius 3 is 2.56 bits per heavy atom. The van der Waals surface area contributed by atoms with Gasteiger partial charge in [0.25, 0.3) is 10.0 Å². The lowest BCUT2D eigenvalue weighted by atomic mass is 10.3. The molecule has 0 aliphatic heterocycles. The van der Waals surface area contributed by atoms with Crippen LogP contribution in [0.4, 0.5) is 5.69 Å². The van der Waals surface area contributed by atoms with Crippen LogP contribution in [0.5, 0.6) is 0 Å². The number of nitrogens with one attached hydrogen (secondary N) is 2. The first-order chi connectivity index (χ1) is 8.33. The Kier molecular flexibility index (Phi) is 3.07. The molecular formula is C9H12ClN5O2S. The minimum Gasteiger partial charge on any atom is -0.324 e. The van der Waals surface area contributed by atoms with Gasteiger partial charge in [-0.3, -0.25) is 9.82 Å². The smallest absolute Gasteiger partial charge is 0.282 e. The van der Waals surface area contributed by atoms with E-state index in [2.05, 4.69) is 19.9 Å². The largest absolute Gasteiger partial charge is 0.324 e. The zero-order valence-electron chi connectivity index (χ0n) is 10.0. The first-order valence-corrected chi connectivity index (χ1v) is 6.90. The van der Waals surface area contributed by atoms with Crippen molar-refractivity contribution in [3.05, 3.63) is 22.9 Å². The molecule has 0 unspecified atom stereocenters. The molecule has 0 aliphatic rings. The topological polar surface area (TPSA) is 92.7 Å². The normalized spacial score (nSPS) is 11.8. The fourth-order valence-corrected chi connectivity index (χ4v) is 3.07. The number of aromatic amines is 1. The van der Waals surface area contributed by atoms with E-state index in [4.69, 9.17) is 11.6 Å². The second-order valence-corrected chi connectivity index (χ2v) is 5.82. The summed E-state index contributed by atoms with van der Waals surface area (Å²) in [5.41, 5.74) is 1.60. The molecule has 0 aromatic carbocycles. The monoisotopic (exact) mass is 289 g/mol. The molecule has 0 spiro atoms. The molecule has 0 bridgehead atoms. The molecule has 0 saturated carbocycles. The van der Waals surface area contributed by atoms with Crippen LogP contribution in [-0.4, -0.2) is 28.2 Å². The fraction of sp³-hybridized carbons (Fsp3) is 0.333. The average molecular weight is 290 g/mol. The van der Waals surface area contributed by atoms with Gasteiger partial charge in [-0.25, -0.2) is 4.98 Å². The molecule has 0 fully saturated rings. The number of hydrogen-bond donors (Lipinski definition) is 2. The number of sulfonamides is 1. The van der Waals surface area contributed by atoms with Crippen molar-refractivity contribution in [3.63, 3.8) is 0 Å². The van der Waals surface area contributed by atoms with Crippen LogP contribution in [0.3, 0.4) is 0 Å². The summed E-state index contributed by atoms with van der Waals surface area (Å²) in [6, 6.07) is 0. The Labute approximate surface area is 109 Å². The van der Waals surface area contributed by atoms with Crippen molar-refractivity contribution in [1.82, 2.24) is 19.7 Å². The van der Waals surface area contributed by atoms with Gasteiger partial charge in [-0.1, -0.05) is 11.6 Å². The summed E-state index contributed by atoms with van der Waals surface area (Å²) >= 11 is 5.87. The molecule has 9 heteroatoms. The number of imidazole rings is 1. The Balaban J connectivity index is 2.43. The van der Waals surface area contributed by atoms with Gasteiger partial charge >= 0.3 is 0 Å². The van der Waals surface area contributed by atoms with Crippen LogP contribution in [-0.2, 0) is 17.1 Å². The first-order valence-electron chi connectivity index (χ1n) is 5.04. The van der Waals surface area contributed by atoms with E-state index in [0.717, 1.165) is 0 Å². The molecule has 2 rings (SSSR count). The fourth-order valence-electron chi connectivity index (χ4n) is 1.46. The molecule has 2 aromatic heterocycles. The van der Waals surface area contributed by atoms with Gasteiger partial charge in [0, 0.05) is 7.05 Å². The SMILES string of the molecule is Cc1n[nH]c(C)c1NS(=O)(=O)c1ncn(C)c1Cl. The molecule has 0 amide bonds. The van der Waals surface area contributed by atoms with E-state index in [1.165, 1.54) is 10.9 Å². The van der Waals surface area contributed by atoms with E-state index in [1.807, 2.05) is 0 Å². The van der Waals surface area contributed by atoms with Gasteiger partial charge in [0.15, 0.2) is 0 Å². The summed E-state index contributed by atoms with van der Waals surface area (Å²) in [4.78, 5) is 3.78. The highest BCUT2D eigenvalue weighted by atomic mass is 35.5. The molecule has 0 atom stereocenters. The Morgan fingerprint density at radius 2 is 2.11 bits per heavy atom. The van der Waals surface area contributed by atoms with Crippen LogP contribution >= 0.6 is 11.6 Å². The Bertz CT molecular complexity index is 668. The number of halogens is 1. The van der Waals surface area contributed by atoms with Crippen LogP contribution in [0.15, 0.2) is 11.4 Å².